The number of phenols is 1. The molecule has 0 aliphatic carbocycles. The first-order valence-electron chi connectivity index (χ1n) is 9.78. The van der Waals surface area contributed by atoms with Crippen LogP contribution in [-0.4, -0.2) is 36.9 Å². The summed E-state index contributed by atoms with van der Waals surface area (Å²) in [7, 11) is -1.89. The average molecular weight is 449 g/mol. The molecule has 2 heterocycles. The molecule has 0 aliphatic heterocycles. The summed E-state index contributed by atoms with van der Waals surface area (Å²) in [6, 6.07) is 17.9. The van der Waals surface area contributed by atoms with Crippen LogP contribution in [0, 0.1) is 0 Å². The maximum Gasteiger partial charge on any atom is 0.229 e. The van der Waals surface area contributed by atoms with Crippen LogP contribution in [0.4, 0.5) is 17.1 Å². The number of nitrogens with one attached hydrogen (secondary N) is 3. The molecule has 0 spiro atoms. The van der Waals surface area contributed by atoms with Crippen molar-refractivity contribution < 1.29 is 18.3 Å². The molecule has 0 radical (unpaired) electrons. The number of pyridine rings is 1. The number of aromatic amines is 1. The Hall–Kier alpha value is -3.98. The molecule has 0 bridgehead atoms. The van der Waals surface area contributed by atoms with Crippen molar-refractivity contribution in [3.63, 3.8) is 0 Å². The smallest absolute Gasteiger partial charge is 0.229 e. The Bertz CT molecular complexity index is 1610. The summed E-state index contributed by atoms with van der Waals surface area (Å²) in [4.78, 5) is 8.21. The van der Waals surface area contributed by atoms with Crippen LogP contribution in [0.2, 0.25) is 0 Å². The van der Waals surface area contributed by atoms with Crippen molar-refractivity contribution in [1.29, 1.82) is 0 Å². The Morgan fingerprint density at radius 2 is 1.84 bits per heavy atom. The number of hydrogen-bond donors (Lipinski definition) is 4. The minimum Gasteiger partial charge on any atom is -0.508 e. The van der Waals surface area contributed by atoms with Crippen molar-refractivity contribution in [2.45, 2.75) is 0 Å². The Labute approximate surface area is 183 Å². The lowest BCUT2D eigenvalue weighted by Crippen LogP contribution is -2.09. The molecule has 5 aromatic rings. The van der Waals surface area contributed by atoms with Gasteiger partial charge in [-0.25, -0.2) is 13.4 Å². The van der Waals surface area contributed by atoms with Gasteiger partial charge in [0, 0.05) is 22.4 Å². The van der Waals surface area contributed by atoms with Gasteiger partial charge in [-0.1, -0.05) is 18.2 Å². The van der Waals surface area contributed by atoms with Crippen molar-refractivity contribution in [3.8, 4) is 11.5 Å². The van der Waals surface area contributed by atoms with Gasteiger partial charge in [0.15, 0.2) is 0 Å². The third-order valence-electron chi connectivity index (χ3n) is 5.17. The number of para-hydroxylation sites is 1. The quantitative estimate of drug-likeness (QED) is 0.310. The summed E-state index contributed by atoms with van der Waals surface area (Å²) in [6.07, 6.45) is 1.10. The van der Waals surface area contributed by atoms with Crippen LogP contribution in [0.25, 0.3) is 32.8 Å². The fourth-order valence-corrected chi connectivity index (χ4v) is 4.39. The summed E-state index contributed by atoms with van der Waals surface area (Å²) >= 11 is 0. The van der Waals surface area contributed by atoms with Crippen LogP contribution in [0.3, 0.4) is 0 Å². The molecule has 8 nitrogen and oxygen atoms in total. The van der Waals surface area contributed by atoms with Gasteiger partial charge >= 0.3 is 0 Å². The van der Waals surface area contributed by atoms with E-state index in [4.69, 9.17) is 9.72 Å². The van der Waals surface area contributed by atoms with Crippen LogP contribution in [-0.2, 0) is 10.0 Å². The number of fused-ring (bicyclic) bond motifs is 4. The third-order valence-corrected chi connectivity index (χ3v) is 5.78. The molecule has 0 atom stereocenters. The molecule has 3 aromatic carbocycles. The van der Waals surface area contributed by atoms with Crippen molar-refractivity contribution >= 4 is 59.9 Å². The second kappa shape index (κ2) is 7.31. The number of benzene rings is 3. The zero-order valence-electron chi connectivity index (χ0n) is 17.3. The molecule has 4 N–H and O–H groups in total. The fourth-order valence-electron chi connectivity index (χ4n) is 3.84. The number of anilines is 3. The zero-order valence-corrected chi connectivity index (χ0v) is 18.1. The Kier molecular flexibility index (Phi) is 4.56. The van der Waals surface area contributed by atoms with E-state index in [-0.39, 0.29) is 5.75 Å². The average Bonchev–Trinajstić information content (AvgIpc) is 3.11. The Morgan fingerprint density at radius 3 is 2.62 bits per heavy atom. The Balaban J connectivity index is 1.72. The molecule has 5 rings (SSSR count). The van der Waals surface area contributed by atoms with E-state index in [9.17, 15) is 13.5 Å². The number of methoxy groups -OCH3 is 1. The van der Waals surface area contributed by atoms with Gasteiger partial charge in [0.2, 0.25) is 10.0 Å². The highest BCUT2D eigenvalue weighted by atomic mass is 32.2. The molecule has 0 amide bonds. The minimum atomic E-state index is -3.41. The molecule has 32 heavy (non-hydrogen) atoms. The van der Waals surface area contributed by atoms with Crippen LogP contribution in [0.1, 0.15) is 0 Å². The maximum absolute atomic E-state index is 11.6. The summed E-state index contributed by atoms with van der Waals surface area (Å²) < 4.78 is 31.1. The van der Waals surface area contributed by atoms with Gasteiger partial charge in [-0.15, -0.1) is 0 Å². The summed E-state index contributed by atoms with van der Waals surface area (Å²) in [5, 5.41) is 15.1. The number of aromatic nitrogens is 2. The van der Waals surface area contributed by atoms with E-state index < -0.39 is 10.0 Å². The molecule has 2 aromatic heterocycles. The first-order chi connectivity index (χ1) is 15.3. The van der Waals surface area contributed by atoms with E-state index in [0.29, 0.717) is 17.1 Å². The Morgan fingerprint density at radius 1 is 1.03 bits per heavy atom. The number of aromatic hydroxyl groups is 1. The van der Waals surface area contributed by atoms with Crippen LogP contribution in [0.5, 0.6) is 11.5 Å². The van der Waals surface area contributed by atoms with E-state index in [2.05, 4.69) is 15.0 Å². The monoisotopic (exact) mass is 448 g/mol. The van der Waals surface area contributed by atoms with Crippen molar-refractivity contribution in [1.82, 2.24) is 9.97 Å². The normalized spacial score (nSPS) is 11.8. The summed E-state index contributed by atoms with van der Waals surface area (Å²) in [6.45, 7) is 0. The van der Waals surface area contributed by atoms with E-state index in [1.807, 2.05) is 30.3 Å². The van der Waals surface area contributed by atoms with Crippen molar-refractivity contribution in [2.75, 3.05) is 23.4 Å². The number of ether oxygens (including phenoxy) is 1. The van der Waals surface area contributed by atoms with Gasteiger partial charge in [0.05, 0.1) is 47.0 Å². The highest BCUT2D eigenvalue weighted by molar-refractivity contribution is 7.92. The number of nitrogens with zero attached hydrogens (tertiary/aromatic N) is 1. The van der Waals surface area contributed by atoms with E-state index in [0.717, 1.165) is 44.8 Å². The summed E-state index contributed by atoms with van der Waals surface area (Å²) in [5.41, 5.74) is 5.01. The predicted octanol–water partition coefficient (Wildman–Crippen LogP) is 4.70. The van der Waals surface area contributed by atoms with Gasteiger partial charge in [0.25, 0.3) is 0 Å². The topological polar surface area (TPSA) is 116 Å². The molecule has 0 fully saturated rings. The molecule has 162 valence electrons. The van der Waals surface area contributed by atoms with Gasteiger partial charge < -0.3 is 20.1 Å². The second-order valence-corrected chi connectivity index (χ2v) is 9.25. The predicted molar refractivity (Wildman–Crippen MR) is 128 cm³/mol. The molecule has 0 unspecified atom stereocenters. The number of phenolic OH excluding ortho intramolecular Hbond substituents is 1. The van der Waals surface area contributed by atoms with Crippen LogP contribution < -0.4 is 14.8 Å². The third kappa shape index (κ3) is 3.52. The van der Waals surface area contributed by atoms with Gasteiger partial charge in [0.1, 0.15) is 11.5 Å². The molecule has 0 saturated carbocycles. The van der Waals surface area contributed by atoms with Crippen LogP contribution in [0.15, 0.2) is 60.7 Å². The van der Waals surface area contributed by atoms with Crippen molar-refractivity contribution in [2.24, 2.45) is 0 Å². The fraction of sp³-hybridized carbons (Fsp3) is 0.0870. The van der Waals surface area contributed by atoms with Crippen LogP contribution >= 0.6 is 0 Å². The zero-order chi connectivity index (χ0) is 22.5. The van der Waals surface area contributed by atoms with E-state index >= 15 is 0 Å². The number of sulfonamides is 1. The van der Waals surface area contributed by atoms with E-state index in [1.54, 1.807) is 30.3 Å². The lowest BCUT2D eigenvalue weighted by molar-refractivity contribution is 0.417. The summed E-state index contributed by atoms with van der Waals surface area (Å²) in [5.74, 6) is 0.639. The number of hydrogen-bond acceptors (Lipinski definition) is 6. The highest BCUT2D eigenvalue weighted by Crippen LogP contribution is 2.39. The van der Waals surface area contributed by atoms with E-state index in [1.165, 1.54) is 7.11 Å². The van der Waals surface area contributed by atoms with Gasteiger partial charge in [-0.3, -0.25) is 4.72 Å². The molecule has 0 saturated heterocycles. The van der Waals surface area contributed by atoms with Gasteiger partial charge in [-0.2, -0.15) is 0 Å². The van der Waals surface area contributed by atoms with Crippen molar-refractivity contribution in [3.05, 3.63) is 60.7 Å². The largest absolute Gasteiger partial charge is 0.508 e. The highest BCUT2D eigenvalue weighted by Gasteiger charge is 2.16. The van der Waals surface area contributed by atoms with Gasteiger partial charge in [-0.05, 0) is 36.4 Å². The first kappa shape index (κ1) is 20.0. The molecular weight excluding hydrogens is 428 g/mol. The standard InChI is InChI=1S/C23H20N4O4S/c1-31-20-11-13(27-32(2,29)30)7-9-19(20)26-21-15-5-3-4-6-17(15)24-22-16-12-14(28)8-10-18(16)25-23(21)22/h3-12,25,27-28H,1-2H3,(H,24,26). The SMILES string of the molecule is COc1cc(NS(C)(=O)=O)ccc1Nc1c2ccccc2nc2c1[nH]c1ccc(O)cc12. The lowest BCUT2D eigenvalue weighted by atomic mass is 10.1. The number of rotatable bonds is 5. The second-order valence-electron chi connectivity index (χ2n) is 7.50. The minimum absolute atomic E-state index is 0.165. The lowest BCUT2D eigenvalue weighted by Gasteiger charge is -2.15. The molecule has 9 heteroatoms. The molecule has 0 aliphatic rings. The number of H-pyrrole nitrogens is 1. The first-order valence-corrected chi connectivity index (χ1v) is 11.7. The molecular formula is C23H20N4O4S. The maximum atomic E-state index is 11.6.